The molecule has 2 aromatic carbocycles. The summed E-state index contributed by atoms with van der Waals surface area (Å²) in [5, 5.41) is 16.1. The summed E-state index contributed by atoms with van der Waals surface area (Å²) in [4.78, 5) is 13.5. The lowest BCUT2D eigenvalue weighted by Crippen LogP contribution is -2.39. The Bertz CT molecular complexity index is 1360. The summed E-state index contributed by atoms with van der Waals surface area (Å²) in [5.74, 6) is -2.76. The van der Waals surface area contributed by atoms with E-state index in [0.29, 0.717) is 0 Å². The molecule has 4 rings (SSSR count). The van der Waals surface area contributed by atoms with Crippen LogP contribution in [0.4, 0.5) is 13.2 Å². The van der Waals surface area contributed by atoms with E-state index in [2.05, 4.69) is 63.0 Å². The minimum Gasteiger partial charge on any atom is -0.475 e. The lowest BCUT2D eigenvalue weighted by atomic mass is 9.87. The fraction of sp³-hybridized carbons (Fsp3) is 0.346. The second kappa shape index (κ2) is 10.4. The highest BCUT2D eigenvalue weighted by Gasteiger charge is 2.38. The summed E-state index contributed by atoms with van der Waals surface area (Å²) < 4.78 is 33.7. The van der Waals surface area contributed by atoms with E-state index in [1.165, 1.54) is 22.3 Å². The predicted octanol–water partition coefficient (Wildman–Crippen LogP) is 6.26. The van der Waals surface area contributed by atoms with Gasteiger partial charge in [0, 0.05) is 29.6 Å². The molecule has 0 aliphatic rings. The molecule has 0 spiro atoms. The third-order valence-corrected chi connectivity index (χ3v) is 6.89. The van der Waals surface area contributed by atoms with Gasteiger partial charge in [-0.15, -0.1) is 11.3 Å². The highest BCUT2D eigenvalue weighted by atomic mass is 32.1. The number of carboxylic acids is 1. The lowest BCUT2D eigenvalue weighted by Gasteiger charge is -2.27. The molecule has 0 fully saturated rings. The zero-order chi connectivity index (χ0) is 26.8. The molecule has 36 heavy (non-hydrogen) atoms. The van der Waals surface area contributed by atoms with E-state index >= 15 is 0 Å². The van der Waals surface area contributed by atoms with Gasteiger partial charge in [0.2, 0.25) is 0 Å². The topological polar surface area (TPSA) is 94.0 Å². The first-order valence-corrected chi connectivity index (χ1v) is 12.2. The molecule has 0 amide bonds. The molecule has 0 saturated heterocycles. The number of benzene rings is 2. The van der Waals surface area contributed by atoms with Crippen LogP contribution in [0.15, 0.2) is 41.9 Å². The van der Waals surface area contributed by atoms with Crippen molar-refractivity contribution in [1.82, 2.24) is 14.8 Å². The summed E-state index contributed by atoms with van der Waals surface area (Å²) in [6.07, 6.45) is -1.46. The van der Waals surface area contributed by atoms with E-state index in [1.807, 2.05) is 23.3 Å². The molecule has 10 heteroatoms. The monoisotopic (exact) mass is 518 g/mol. The maximum absolute atomic E-state index is 10.6. The number of fused-ring (bicyclic) bond motifs is 1. The Balaban J connectivity index is 0.000000454. The minimum atomic E-state index is -5.08. The van der Waals surface area contributed by atoms with E-state index in [0.717, 1.165) is 40.0 Å². The highest BCUT2D eigenvalue weighted by Crippen LogP contribution is 2.40. The number of nitrogens with two attached hydrogens (primary N) is 1. The molecule has 2 aromatic heterocycles. The Hall–Kier alpha value is -3.24. The molecule has 0 saturated carbocycles. The van der Waals surface area contributed by atoms with Gasteiger partial charge in [0.1, 0.15) is 16.1 Å². The van der Waals surface area contributed by atoms with Crippen molar-refractivity contribution >= 4 is 28.2 Å². The van der Waals surface area contributed by atoms with Crippen molar-refractivity contribution < 1.29 is 23.1 Å². The second-order valence-electron chi connectivity index (χ2n) is 8.81. The summed E-state index contributed by atoms with van der Waals surface area (Å²) >= 11 is 1.62. The minimum absolute atomic E-state index is 0.650. The van der Waals surface area contributed by atoms with E-state index in [1.54, 1.807) is 11.3 Å². The van der Waals surface area contributed by atoms with Crippen LogP contribution in [-0.4, -0.2) is 32.0 Å². The van der Waals surface area contributed by atoms with Gasteiger partial charge in [-0.2, -0.15) is 18.3 Å². The molecular weight excluding hydrogens is 489 g/mol. The molecule has 192 valence electrons. The molecule has 2 heterocycles. The molecular formula is C26H29F3N4O2S. The standard InChI is InChI=1S/C24H28N4S.C2HF3O2/c1-6-10-24(25,23-26-11-12-29-23)22-19-9-7-8-18(21(19)27-28(22)5)20-16(3)13-15(2)14-17(20)4;3-2(4,5)1(6)7/h7-9,11-14H,6,10,25H2,1-5H3;(H,6,7). The highest BCUT2D eigenvalue weighted by molar-refractivity contribution is 7.09. The Labute approximate surface area is 211 Å². The van der Waals surface area contributed by atoms with Gasteiger partial charge in [-0.05, 0) is 43.9 Å². The van der Waals surface area contributed by atoms with Crippen LogP contribution in [0.2, 0.25) is 0 Å². The van der Waals surface area contributed by atoms with Crippen LogP contribution in [0, 0.1) is 20.8 Å². The van der Waals surface area contributed by atoms with E-state index in [9.17, 15) is 13.2 Å². The number of aromatic nitrogens is 3. The summed E-state index contributed by atoms with van der Waals surface area (Å²) in [7, 11) is 2.00. The summed E-state index contributed by atoms with van der Waals surface area (Å²) in [6, 6.07) is 10.9. The van der Waals surface area contributed by atoms with Gasteiger partial charge in [-0.1, -0.05) is 49.2 Å². The van der Waals surface area contributed by atoms with Crippen LogP contribution in [0.1, 0.15) is 47.2 Å². The van der Waals surface area contributed by atoms with Crippen molar-refractivity contribution in [3.8, 4) is 11.1 Å². The third-order valence-electron chi connectivity index (χ3n) is 5.93. The number of thiazole rings is 1. The first-order valence-electron chi connectivity index (χ1n) is 11.3. The number of alkyl halides is 3. The quantitative estimate of drug-likeness (QED) is 0.325. The molecule has 6 nitrogen and oxygen atoms in total. The van der Waals surface area contributed by atoms with Crippen molar-refractivity contribution in [3.63, 3.8) is 0 Å². The molecule has 1 atom stereocenters. The number of nitrogens with zero attached hydrogens (tertiary/aromatic N) is 3. The Morgan fingerprint density at radius 1 is 1.17 bits per heavy atom. The van der Waals surface area contributed by atoms with Gasteiger partial charge in [-0.3, -0.25) is 4.68 Å². The molecule has 0 aliphatic carbocycles. The zero-order valence-corrected chi connectivity index (χ0v) is 21.6. The van der Waals surface area contributed by atoms with Gasteiger partial charge in [0.15, 0.2) is 0 Å². The zero-order valence-electron chi connectivity index (χ0n) is 20.8. The number of aryl methyl sites for hydroxylation is 4. The van der Waals surface area contributed by atoms with Crippen molar-refractivity contribution in [1.29, 1.82) is 0 Å². The van der Waals surface area contributed by atoms with Gasteiger partial charge >= 0.3 is 12.1 Å². The maximum atomic E-state index is 10.6. The van der Waals surface area contributed by atoms with Crippen LogP contribution in [0.25, 0.3) is 22.0 Å². The van der Waals surface area contributed by atoms with Gasteiger partial charge in [-0.25, -0.2) is 9.78 Å². The lowest BCUT2D eigenvalue weighted by molar-refractivity contribution is -0.192. The van der Waals surface area contributed by atoms with Gasteiger partial charge < -0.3 is 10.8 Å². The molecule has 1 unspecified atom stereocenters. The first-order chi connectivity index (χ1) is 16.8. The molecule has 3 N–H and O–H groups in total. The van der Waals surface area contributed by atoms with Crippen molar-refractivity contribution in [2.45, 2.75) is 52.3 Å². The van der Waals surface area contributed by atoms with E-state index < -0.39 is 17.7 Å². The molecule has 0 radical (unpaired) electrons. The average molecular weight is 519 g/mol. The van der Waals surface area contributed by atoms with Crippen molar-refractivity contribution in [2.75, 3.05) is 0 Å². The Kier molecular flexibility index (Phi) is 7.90. The predicted molar refractivity (Wildman–Crippen MR) is 136 cm³/mol. The van der Waals surface area contributed by atoms with Crippen LogP contribution in [0.3, 0.4) is 0 Å². The smallest absolute Gasteiger partial charge is 0.475 e. The first kappa shape index (κ1) is 27.3. The van der Waals surface area contributed by atoms with Crippen molar-refractivity contribution in [2.24, 2.45) is 12.8 Å². The largest absolute Gasteiger partial charge is 0.490 e. The number of hydrogen-bond acceptors (Lipinski definition) is 5. The number of hydrogen-bond donors (Lipinski definition) is 2. The Morgan fingerprint density at radius 2 is 1.78 bits per heavy atom. The summed E-state index contributed by atoms with van der Waals surface area (Å²) in [6.45, 7) is 8.67. The maximum Gasteiger partial charge on any atom is 0.490 e. The number of carboxylic acid groups (broad SMARTS) is 1. The number of carbonyl (C=O) groups is 1. The number of aliphatic carboxylic acids is 1. The molecule has 0 aliphatic heterocycles. The van der Waals surface area contributed by atoms with Crippen LogP contribution < -0.4 is 5.73 Å². The van der Waals surface area contributed by atoms with Gasteiger partial charge in [0.05, 0.1) is 5.69 Å². The van der Waals surface area contributed by atoms with Crippen LogP contribution >= 0.6 is 11.3 Å². The van der Waals surface area contributed by atoms with Gasteiger partial charge in [0.25, 0.3) is 0 Å². The normalized spacial score (nSPS) is 13.2. The fourth-order valence-corrected chi connectivity index (χ4v) is 5.50. The molecule has 4 aromatic rings. The average Bonchev–Trinajstić information content (AvgIpc) is 3.41. The Morgan fingerprint density at radius 3 is 2.28 bits per heavy atom. The van der Waals surface area contributed by atoms with E-state index in [4.69, 9.17) is 20.7 Å². The molecule has 0 bridgehead atoms. The van der Waals surface area contributed by atoms with E-state index in [-0.39, 0.29) is 0 Å². The second-order valence-corrected chi connectivity index (χ2v) is 9.70. The van der Waals surface area contributed by atoms with Crippen LogP contribution in [-0.2, 0) is 17.4 Å². The van der Waals surface area contributed by atoms with Crippen LogP contribution in [0.5, 0.6) is 0 Å². The SMILES string of the molecule is CCCC(N)(c1nccs1)c1c2cccc(-c3c(C)cc(C)cc3C)c2nn1C.O=C(O)C(F)(F)F. The number of halogens is 3. The number of rotatable bonds is 5. The summed E-state index contributed by atoms with van der Waals surface area (Å²) in [5.41, 5.74) is 14.7. The fourth-order valence-electron chi connectivity index (χ4n) is 4.72. The van der Waals surface area contributed by atoms with Crippen molar-refractivity contribution in [3.05, 3.63) is 69.3 Å². The third kappa shape index (κ3) is 5.29.